The summed E-state index contributed by atoms with van der Waals surface area (Å²) < 4.78 is 20.6. The Bertz CT molecular complexity index is 1370. The van der Waals surface area contributed by atoms with Gasteiger partial charge in [-0.3, -0.25) is 14.5 Å². The molecule has 0 unspecified atom stereocenters. The summed E-state index contributed by atoms with van der Waals surface area (Å²) in [5.74, 6) is -0.307. The highest BCUT2D eigenvalue weighted by Gasteiger charge is 2.17. The van der Waals surface area contributed by atoms with Crippen LogP contribution in [0.2, 0.25) is 0 Å². The van der Waals surface area contributed by atoms with E-state index in [1.165, 1.54) is 35.1 Å². The summed E-state index contributed by atoms with van der Waals surface area (Å²) in [6.07, 6.45) is 5.01. The molecule has 4 aromatic rings. The predicted molar refractivity (Wildman–Crippen MR) is 127 cm³/mol. The third-order valence-corrected chi connectivity index (χ3v) is 5.28. The number of carbonyl (C=O) groups is 2. The SMILES string of the molecule is COc1cc(N(C)C(=O)c2ccc3ncc(-c4ccc(NC(=O)N(C)C)nc4)n3c2)ccc1F. The van der Waals surface area contributed by atoms with Gasteiger partial charge in [-0.15, -0.1) is 0 Å². The van der Waals surface area contributed by atoms with Gasteiger partial charge in [0.1, 0.15) is 11.5 Å². The van der Waals surface area contributed by atoms with Crippen LogP contribution < -0.4 is 15.0 Å². The number of amides is 3. The van der Waals surface area contributed by atoms with Gasteiger partial charge in [-0.25, -0.2) is 19.2 Å². The Hall–Kier alpha value is -4.47. The van der Waals surface area contributed by atoms with Gasteiger partial charge < -0.3 is 14.5 Å². The molecule has 174 valence electrons. The maximum Gasteiger partial charge on any atom is 0.322 e. The Balaban J connectivity index is 1.62. The lowest BCUT2D eigenvalue weighted by Crippen LogP contribution is -2.27. The molecule has 0 aliphatic heterocycles. The van der Waals surface area contributed by atoms with Gasteiger partial charge in [-0.2, -0.15) is 0 Å². The number of imidazole rings is 1. The molecule has 9 nitrogen and oxygen atoms in total. The van der Waals surface area contributed by atoms with E-state index in [9.17, 15) is 14.0 Å². The van der Waals surface area contributed by atoms with Crippen LogP contribution in [0.4, 0.5) is 20.7 Å². The van der Waals surface area contributed by atoms with Gasteiger partial charge in [-0.05, 0) is 36.4 Å². The first kappa shape index (κ1) is 22.7. The zero-order valence-corrected chi connectivity index (χ0v) is 19.1. The molecule has 0 atom stereocenters. The van der Waals surface area contributed by atoms with Crippen molar-refractivity contribution in [1.29, 1.82) is 0 Å². The Labute approximate surface area is 195 Å². The number of halogens is 1. The number of aromatic nitrogens is 3. The lowest BCUT2D eigenvalue weighted by Gasteiger charge is -2.18. The number of nitrogens with zero attached hydrogens (tertiary/aromatic N) is 5. The maximum atomic E-state index is 13.8. The van der Waals surface area contributed by atoms with Crippen molar-refractivity contribution in [3.05, 3.63) is 72.4 Å². The molecule has 1 aromatic carbocycles. The number of carbonyl (C=O) groups excluding carboxylic acids is 2. The molecule has 34 heavy (non-hydrogen) atoms. The van der Waals surface area contributed by atoms with Crippen LogP contribution in [0.5, 0.6) is 5.75 Å². The molecule has 0 aliphatic carbocycles. The summed E-state index contributed by atoms with van der Waals surface area (Å²) >= 11 is 0. The van der Waals surface area contributed by atoms with Crippen LogP contribution in [0.15, 0.2) is 61.1 Å². The number of hydrogen-bond acceptors (Lipinski definition) is 5. The third-order valence-electron chi connectivity index (χ3n) is 5.28. The fourth-order valence-corrected chi connectivity index (χ4v) is 3.33. The molecule has 0 saturated carbocycles. The molecular formula is C24H23FN6O3. The predicted octanol–water partition coefficient (Wildman–Crippen LogP) is 3.91. The van der Waals surface area contributed by atoms with E-state index in [0.29, 0.717) is 22.7 Å². The zero-order chi connectivity index (χ0) is 24.4. The van der Waals surface area contributed by atoms with Crippen molar-refractivity contribution in [2.45, 2.75) is 0 Å². The number of anilines is 2. The molecule has 0 saturated heterocycles. The summed E-state index contributed by atoms with van der Waals surface area (Å²) in [5.41, 5.74) is 3.06. The Morgan fingerprint density at radius 3 is 2.50 bits per heavy atom. The van der Waals surface area contributed by atoms with Crippen molar-refractivity contribution in [2.24, 2.45) is 0 Å². The van der Waals surface area contributed by atoms with Gasteiger partial charge in [-0.1, -0.05) is 0 Å². The zero-order valence-electron chi connectivity index (χ0n) is 19.1. The highest BCUT2D eigenvalue weighted by Crippen LogP contribution is 2.26. The molecule has 0 bridgehead atoms. The average molecular weight is 462 g/mol. The minimum atomic E-state index is -0.502. The van der Waals surface area contributed by atoms with Crippen molar-refractivity contribution in [3.63, 3.8) is 0 Å². The minimum Gasteiger partial charge on any atom is -0.494 e. The number of benzene rings is 1. The van der Waals surface area contributed by atoms with Crippen LogP contribution >= 0.6 is 0 Å². The summed E-state index contributed by atoms with van der Waals surface area (Å²) in [4.78, 5) is 36.5. The number of rotatable bonds is 5. The van der Waals surface area contributed by atoms with E-state index in [4.69, 9.17) is 4.74 Å². The average Bonchev–Trinajstić information content (AvgIpc) is 3.27. The van der Waals surface area contributed by atoms with Gasteiger partial charge >= 0.3 is 6.03 Å². The van der Waals surface area contributed by atoms with Crippen molar-refractivity contribution in [2.75, 3.05) is 38.5 Å². The van der Waals surface area contributed by atoms with E-state index in [1.807, 2.05) is 6.07 Å². The number of methoxy groups -OCH3 is 1. The van der Waals surface area contributed by atoms with Crippen LogP contribution in [0.25, 0.3) is 16.9 Å². The van der Waals surface area contributed by atoms with Crippen LogP contribution in [-0.4, -0.2) is 59.5 Å². The summed E-state index contributed by atoms with van der Waals surface area (Å²) in [6.45, 7) is 0. The van der Waals surface area contributed by atoms with Gasteiger partial charge in [0, 0.05) is 50.9 Å². The van der Waals surface area contributed by atoms with E-state index in [1.54, 1.807) is 62.3 Å². The Morgan fingerprint density at radius 1 is 1.03 bits per heavy atom. The number of urea groups is 1. The molecule has 0 spiro atoms. The quantitative estimate of drug-likeness (QED) is 0.486. The molecule has 3 aromatic heterocycles. The normalized spacial score (nSPS) is 10.7. The van der Waals surface area contributed by atoms with Gasteiger partial charge in [0.05, 0.1) is 24.6 Å². The minimum absolute atomic E-state index is 0.0576. The smallest absolute Gasteiger partial charge is 0.322 e. The third kappa shape index (κ3) is 4.38. The molecule has 0 radical (unpaired) electrons. The standard InChI is InChI=1S/C24H23FN6O3/c1-29(2)24(33)28-21-9-5-15(12-26-21)19-13-27-22-10-6-16(14-31(19)22)23(32)30(3)17-7-8-18(25)20(11-17)34-4/h5-14H,1-4H3,(H,26,28,33). The lowest BCUT2D eigenvalue weighted by molar-refractivity contribution is 0.0992. The van der Waals surface area contributed by atoms with Crippen LogP contribution in [0.3, 0.4) is 0 Å². The molecule has 0 fully saturated rings. The fraction of sp³-hybridized carbons (Fsp3) is 0.167. The van der Waals surface area contributed by atoms with Crippen molar-refractivity contribution in [3.8, 4) is 17.0 Å². The number of fused-ring (bicyclic) bond motifs is 1. The fourth-order valence-electron chi connectivity index (χ4n) is 3.33. The van der Waals surface area contributed by atoms with Gasteiger partial charge in [0.15, 0.2) is 11.6 Å². The van der Waals surface area contributed by atoms with E-state index >= 15 is 0 Å². The monoisotopic (exact) mass is 462 g/mol. The molecule has 1 N–H and O–H groups in total. The molecule has 4 rings (SSSR count). The Morgan fingerprint density at radius 2 is 1.82 bits per heavy atom. The highest BCUT2D eigenvalue weighted by atomic mass is 19.1. The first-order valence-electron chi connectivity index (χ1n) is 10.3. The number of ether oxygens (including phenoxy) is 1. The van der Waals surface area contributed by atoms with Crippen molar-refractivity contribution in [1.82, 2.24) is 19.3 Å². The first-order valence-corrected chi connectivity index (χ1v) is 10.3. The van der Waals surface area contributed by atoms with Gasteiger partial charge in [0.2, 0.25) is 0 Å². The number of hydrogen-bond donors (Lipinski definition) is 1. The molecule has 10 heteroatoms. The maximum absolute atomic E-state index is 13.8. The first-order chi connectivity index (χ1) is 16.3. The molecular weight excluding hydrogens is 439 g/mol. The summed E-state index contributed by atoms with van der Waals surface area (Å²) in [7, 11) is 6.27. The molecule has 3 heterocycles. The lowest BCUT2D eigenvalue weighted by atomic mass is 10.2. The van der Waals surface area contributed by atoms with Crippen LogP contribution in [0, 0.1) is 5.82 Å². The van der Waals surface area contributed by atoms with E-state index in [2.05, 4.69) is 15.3 Å². The molecule has 3 amide bonds. The molecule has 0 aliphatic rings. The Kier molecular flexibility index (Phi) is 6.13. The number of pyridine rings is 2. The van der Waals surface area contributed by atoms with E-state index < -0.39 is 5.82 Å². The van der Waals surface area contributed by atoms with E-state index in [0.717, 1.165) is 11.3 Å². The topological polar surface area (TPSA) is 92.1 Å². The second-order valence-electron chi connectivity index (χ2n) is 7.73. The largest absolute Gasteiger partial charge is 0.494 e. The van der Waals surface area contributed by atoms with Crippen molar-refractivity contribution >= 4 is 29.1 Å². The summed E-state index contributed by atoms with van der Waals surface area (Å²) in [6, 6.07) is 10.9. The highest BCUT2D eigenvalue weighted by molar-refractivity contribution is 6.05. The van der Waals surface area contributed by atoms with E-state index in [-0.39, 0.29) is 17.7 Å². The van der Waals surface area contributed by atoms with Gasteiger partial charge in [0.25, 0.3) is 5.91 Å². The number of nitrogens with one attached hydrogen (secondary N) is 1. The van der Waals surface area contributed by atoms with Crippen LogP contribution in [-0.2, 0) is 0 Å². The second-order valence-corrected chi connectivity index (χ2v) is 7.73. The van der Waals surface area contributed by atoms with Crippen LogP contribution in [0.1, 0.15) is 10.4 Å². The second kappa shape index (κ2) is 9.18. The van der Waals surface area contributed by atoms with Crippen molar-refractivity contribution < 1.29 is 18.7 Å². The summed E-state index contributed by atoms with van der Waals surface area (Å²) in [5, 5.41) is 2.69.